The number of carbonyl (C=O) groups excluding carboxylic acids is 1. The first-order valence-corrected chi connectivity index (χ1v) is 5.78. The van der Waals surface area contributed by atoms with Crippen LogP contribution in [0.15, 0.2) is 48.5 Å². The van der Waals surface area contributed by atoms with Crippen LogP contribution in [0.25, 0.3) is 0 Å². The van der Waals surface area contributed by atoms with Gasteiger partial charge in [0, 0.05) is 12.1 Å². The monoisotopic (exact) mass is 241 g/mol. The molecule has 2 aromatic rings. The average molecular weight is 241 g/mol. The van der Waals surface area contributed by atoms with Crippen molar-refractivity contribution in [3.05, 3.63) is 65.2 Å². The number of carbonyl (C=O) groups is 1. The van der Waals surface area contributed by atoms with Crippen LogP contribution in [0.2, 0.25) is 0 Å². The van der Waals surface area contributed by atoms with Gasteiger partial charge in [0.15, 0.2) is 0 Å². The van der Waals surface area contributed by atoms with Crippen LogP contribution in [-0.4, -0.2) is 11.0 Å². The molecule has 0 saturated carbocycles. The van der Waals surface area contributed by atoms with Crippen molar-refractivity contribution in [2.75, 3.05) is 0 Å². The molecule has 0 saturated heterocycles. The summed E-state index contributed by atoms with van der Waals surface area (Å²) in [5.74, 6) is -0.0931. The quantitative estimate of drug-likeness (QED) is 0.867. The van der Waals surface area contributed by atoms with Crippen molar-refractivity contribution < 1.29 is 9.90 Å². The predicted octanol–water partition coefficient (Wildman–Crippen LogP) is 2.63. The number of aromatic hydroxyl groups is 1. The van der Waals surface area contributed by atoms with Gasteiger partial charge in [0.05, 0.1) is 0 Å². The molecule has 0 radical (unpaired) electrons. The lowest BCUT2D eigenvalue weighted by atomic mass is 10.1. The Bertz CT molecular complexity index is 547. The number of nitrogens with one attached hydrogen (secondary N) is 1. The van der Waals surface area contributed by atoms with Crippen molar-refractivity contribution in [1.82, 2.24) is 5.32 Å². The van der Waals surface area contributed by atoms with Crippen LogP contribution >= 0.6 is 0 Å². The van der Waals surface area contributed by atoms with Gasteiger partial charge in [-0.3, -0.25) is 4.79 Å². The normalized spacial score (nSPS) is 10.1. The lowest BCUT2D eigenvalue weighted by Crippen LogP contribution is -2.22. The standard InChI is InChI=1S/C15H15NO2/c1-11-5-7-12(8-6-11)10-16-15(18)13-3-2-4-14(17)9-13/h2-9,17H,10H2,1H3,(H,16,18). The molecular weight excluding hydrogens is 226 g/mol. The molecule has 0 aliphatic carbocycles. The highest BCUT2D eigenvalue weighted by molar-refractivity contribution is 5.94. The van der Waals surface area contributed by atoms with Crippen LogP contribution in [0.3, 0.4) is 0 Å². The number of benzene rings is 2. The van der Waals surface area contributed by atoms with Gasteiger partial charge in [0.2, 0.25) is 0 Å². The van der Waals surface area contributed by atoms with E-state index < -0.39 is 0 Å². The third-order valence-electron chi connectivity index (χ3n) is 2.68. The molecule has 3 nitrogen and oxygen atoms in total. The third-order valence-corrected chi connectivity index (χ3v) is 2.68. The fourth-order valence-corrected chi connectivity index (χ4v) is 1.64. The second-order valence-corrected chi connectivity index (χ2v) is 4.22. The summed E-state index contributed by atoms with van der Waals surface area (Å²) < 4.78 is 0. The molecule has 0 aliphatic rings. The summed E-state index contributed by atoms with van der Waals surface area (Å²) in [6, 6.07) is 14.3. The second kappa shape index (κ2) is 5.36. The topological polar surface area (TPSA) is 49.3 Å². The Kier molecular flexibility index (Phi) is 3.63. The maximum Gasteiger partial charge on any atom is 0.251 e. The SMILES string of the molecule is Cc1ccc(CNC(=O)c2cccc(O)c2)cc1. The maximum atomic E-state index is 11.8. The molecule has 92 valence electrons. The number of hydrogen-bond donors (Lipinski definition) is 2. The van der Waals surface area contributed by atoms with Gasteiger partial charge in [-0.25, -0.2) is 0 Å². The number of phenolic OH excluding ortho intramolecular Hbond substituents is 1. The van der Waals surface area contributed by atoms with Crippen LogP contribution < -0.4 is 5.32 Å². The molecule has 2 rings (SSSR count). The Morgan fingerprint density at radius 2 is 1.89 bits per heavy atom. The molecule has 0 unspecified atom stereocenters. The van der Waals surface area contributed by atoms with Gasteiger partial charge in [0.25, 0.3) is 5.91 Å². The summed E-state index contributed by atoms with van der Waals surface area (Å²) >= 11 is 0. The molecule has 3 heteroatoms. The van der Waals surface area contributed by atoms with E-state index in [1.165, 1.54) is 17.7 Å². The van der Waals surface area contributed by atoms with Gasteiger partial charge in [0.1, 0.15) is 5.75 Å². The summed E-state index contributed by atoms with van der Waals surface area (Å²) in [5.41, 5.74) is 2.70. The average Bonchev–Trinajstić information content (AvgIpc) is 2.38. The van der Waals surface area contributed by atoms with Crippen molar-refractivity contribution in [1.29, 1.82) is 0 Å². The minimum absolute atomic E-state index is 0.0954. The van der Waals surface area contributed by atoms with Gasteiger partial charge >= 0.3 is 0 Å². The van der Waals surface area contributed by atoms with Gasteiger partial charge in [-0.05, 0) is 30.7 Å². The first-order valence-electron chi connectivity index (χ1n) is 5.78. The minimum atomic E-state index is -0.188. The highest BCUT2D eigenvalue weighted by Gasteiger charge is 2.05. The predicted molar refractivity (Wildman–Crippen MR) is 70.5 cm³/mol. The van der Waals surface area contributed by atoms with Crippen molar-refractivity contribution in [2.45, 2.75) is 13.5 Å². The van der Waals surface area contributed by atoms with E-state index in [9.17, 15) is 9.90 Å². The Hall–Kier alpha value is -2.29. The van der Waals surface area contributed by atoms with Crippen LogP contribution in [0.1, 0.15) is 21.5 Å². The minimum Gasteiger partial charge on any atom is -0.508 e. The Labute approximate surface area is 106 Å². The van der Waals surface area contributed by atoms with Crippen molar-refractivity contribution >= 4 is 5.91 Å². The molecular formula is C15H15NO2. The van der Waals surface area contributed by atoms with E-state index in [1.807, 2.05) is 31.2 Å². The third kappa shape index (κ3) is 3.10. The van der Waals surface area contributed by atoms with Crippen LogP contribution in [0.4, 0.5) is 0 Å². The molecule has 1 amide bonds. The lowest BCUT2D eigenvalue weighted by molar-refractivity contribution is 0.0950. The van der Waals surface area contributed by atoms with E-state index in [0.717, 1.165) is 5.56 Å². The van der Waals surface area contributed by atoms with E-state index in [0.29, 0.717) is 12.1 Å². The highest BCUT2D eigenvalue weighted by atomic mass is 16.3. The summed E-state index contributed by atoms with van der Waals surface area (Å²) in [5, 5.41) is 12.1. The largest absolute Gasteiger partial charge is 0.508 e. The number of amides is 1. The zero-order valence-electron chi connectivity index (χ0n) is 10.2. The first-order chi connectivity index (χ1) is 8.65. The van der Waals surface area contributed by atoms with Gasteiger partial charge < -0.3 is 10.4 Å². The van der Waals surface area contributed by atoms with E-state index in [1.54, 1.807) is 12.1 Å². The Morgan fingerprint density at radius 1 is 1.17 bits per heavy atom. The molecule has 0 bridgehead atoms. The molecule has 0 aromatic heterocycles. The second-order valence-electron chi connectivity index (χ2n) is 4.22. The van der Waals surface area contributed by atoms with Crippen LogP contribution in [0.5, 0.6) is 5.75 Å². The summed E-state index contributed by atoms with van der Waals surface area (Å²) in [6.07, 6.45) is 0. The van der Waals surface area contributed by atoms with E-state index in [4.69, 9.17) is 0 Å². The van der Waals surface area contributed by atoms with Gasteiger partial charge in [-0.1, -0.05) is 35.9 Å². The molecule has 0 atom stereocenters. The first kappa shape index (κ1) is 12.2. The molecule has 0 spiro atoms. The molecule has 2 N–H and O–H groups in total. The summed E-state index contributed by atoms with van der Waals surface area (Å²) in [4.78, 5) is 11.8. The van der Waals surface area contributed by atoms with E-state index in [-0.39, 0.29) is 11.7 Å². The van der Waals surface area contributed by atoms with Crippen molar-refractivity contribution in [3.8, 4) is 5.75 Å². The zero-order valence-corrected chi connectivity index (χ0v) is 10.2. The summed E-state index contributed by atoms with van der Waals surface area (Å²) in [6.45, 7) is 2.50. The maximum absolute atomic E-state index is 11.8. The molecule has 0 aliphatic heterocycles. The van der Waals surface area contributed by atoms with Crippen molar-refractivity contribution in [3.63, 3.8) is 0 Å². The fourth-order valence-electron chi connectivity index (χ4n) is 1.64. The number of aryl methyl sites for hydroxylation is 1. The molecule has 2 aromatic carbocycles. The van der Waals surface area contributed by atoms with E-state index in [2.05, 4.69) is 5.32 Å². The smallest absolute Gasteiger partial charge is 0.251 e. The fraction of sp³-hybridized carbons (Fsp3) is 0.133. The highest BCUT2D eigenvalue weighted by Crippen LogP contribution is 2.11. The number of hydrogen-bond acceptors (Lipinski definition) is 2. The Morgan fingerprint density at radius 3 is 2.56 bits per heavy atom. The van der Waals surface area contributed by atoms with Crippen LogP contribution in [-0.2, 0) is 6.54 Å². The molecule has 0 fully saturated rings. The van der Waals surface area contributed by atoms with Gasteiger partial charge in [-0.15, -0.1) is 0 Å². The molecule has 18 heavy (non-hydrogen) atoms. The number of phenols is 1. The van der Waals surface area contributed by atoms with E-state index >= 15 is 0 Å². The zero-order chi connectivity index (χ0) is 13.0. The summed E-state index contributed by atoms with van der Waals surface area (Å²) in [7, 11) is 0. The molecule has 0 heterocycles. The Balaban J connectivity index is 1.98. The van der Waals surface area contributed by atoms with Crippen molar-refractivity contribution in [2.24, 2.45) is 0 Å². The van der Waals surface area contributed by atoms with Gasteiger partial charge in [-0.2, -0.15) is 0 Å². The van der Waals surface area contributed by atoms with Crippen LogP contribution in [0, 0.1) is 6.92 Å². The lowest BCUT2D eigenvalue weighted by Gasteiger charge is -2.06. The number of rotatable bonds is 3.